The van der Waals surface area contributed by atoms with Gasteiger partial charge in [-0.25, -0.2) is 0 Å². The Morgan fingerprint density at radius 1 is 0.635 bits per heavy atom. The normalized spacial score (nSPS) is 55.4. The van der Waals surface area contributed by atoms with Gasteiger partial charge in [-0.2, -0.15) is 0 Å². The summed E-state index contributed by atoms with van der Waals surface area (Å²) in [5.41, 5.74) is -3.07. The van der Waals surface area contributed by atoms with Gasteiger partial charge in [0.05, 0.1) is 43.5 Å². The number of carbonyl (C=O) groups excluding carboxylic acids is 1. The highest BCUT2D eigenvalue weighted by atomic mass is 16.7. The van der Waals surface area contributed by atoms with E-state index < -0.39 is 164 Å². The zero-order valence-corrected chi connectivity index (χ0v) is 43.5. The minimum absolute atomic E-state index is 0.137. The molecule has 28 unspecified atom stereocenters. The van der Waals surface area contributed by atoms with E-state index in [1.165, 1.54) is 0 Å². The predicted molar refractivity (Wildman–Crippen MR) is 252 cm³/mol. The lowest BCUT2D eigenvalue weighted by Gasteiger charge is -2.72. The molecule has 424 valence electrons. The van der Waals surface area contributed by atoms with Gasteiger partial charge in [0, 0.05) is 5.92 Å². The highest BCUT2D eigenvalue weighted by Crippen LogP contribution is 2.76. The molecule has 5 aliphatic carbocycles. The van der Waals surface area contributed by atoms with E-state index in [1.54, 1.807) is 6.92 Å². The minimum atomic E-state index is -1.86. The molecule has 0 radical (unpaired) electrons. The van der Waals surface area contributed by atoms with Crippen LogP contribution in [0.4, 0.5) is 0 Å². The van der Waals surface area contributed by atoms with Gasteiger partial charge in [-0.15, -0.1) is 0 Å². The van der Waals surface area contributed by atoms with Crippen LogP contribution in [0.2, 0.25) is 0 Å². The molecule has 4 saturated heterocycles. The van der Waals surface area contributed by atoms with Crippen molar-refractivity contribution in [3.8, 4) is 0 Å². The molecule has 4 aliphatic heterocycles. The van der Waals surface area contributed by atoms with Crippen molar-refractivity contribution in [1.82, 2.24) is 0 Å². The van der Waals surface area contributed by atoms with Crippen molar-refractivity contribution in [1.29, 1.82) is 0 Å². The van der Waals surface area contributed by atoms with Gasteiger partial charge >= 0.3 is 5.97 Å². The Morgan fingerprint density at radius 3 is 1.95 bits per heavy atom. The van der Waals surface area contributed by atoms with E-state index >= 15 is 4.79 Å². The van der Waals surface area contributed by atoms with Crippen LogP contribution in [0.1, 0.15) is 106 Å². The molecule has 74 heavy (non-hydrogen) atoms. The molecule has 9 rings (SSSR count). The maximum Gasteiger partial charge on any atom is 0.315 e. The van der Waals surface area contributed by atoms with E-state index in [1.807, 2.05) is 6.92 Å². The molecule has 9 aliphatic rings. The number of aliphatic hydroxyl groups is 13. The van der Waals surface area contributed by atoms with Crippen molar-refractivity contribution in [2.24, 2.45) is 50.7 Å². The summed E-state index contributed by atoms with van der Waals surface area (Å²) in [4.78, 5) is 15.1. The number of allylic oxidation sites excluding steroid dienone is 1. The zero-order chi connectivity index (χ0) is 54.0. The Balaban J connectivity index is 0.921. The third-order valence-electron chi connectivity index (χ3n) is 21.0. The molecule has 0 amide bonds. The van der Waals surface area contributed by atoms with Gasteiger partial charge in [0.1, 0.15) is 85.5 Å². The lowest BCUT2D eigenvalue weighted by Crippen LogP contribution is -2.68. The molecule has 4 heterocycles. The topological polar surface area (TPSA) is 354 Å². The van der Waals surface area contributed by atoms with Crippen molar-refractivity contribution in [3.05, 3.63) is 11.6 Å². The Kier molecular flexibility index (Phi) is 15.8. The second kappa shape index (κ2) is 20.5. The van der Waals surface area contributed by atoms with Crippen molar-refractivity contribution in [2.75, 3.05) is 26.4 Å². The largest absolute Gasteiger partial charge is 0.432 e. The molecular formula is C52H84O22. The summed E-state index contributed by atoms with van der Waals surface area (Å²) in [7, 11) is 0. The number of hydrogen-bond acceptors (Lipinski definition) is 22. The fraction of sp³-hybridized carbons (Fsp3) is 0.942. The van der Waals surface area contributed by atoms with E-state index in [0.29, 0.717) is 38.5 Å². The minimum Gasteiger partial charge on any atom is -0.432 e. The second-order valence-corrected chi connectivity index (χ2v) is 25.1. The first-order valence-electron chi connectivity index (χ1n) is 26.8. The Labute approximate surface area is 431 Å². The standard InChI is InChI=1S/C52H84O22/c1-22-10-15-52(46(65)74-45-38(63)35(60)33(58)27(71-45)21-69-42-36(61)31(56)24(54)19-67-42)17-16-49(5)23(41(52)51(22,7)66)8-9-29-48(4)13-12-30(47(2,3)28(48)11-14-50(29,49)6)72-43-39(64)40(25(55)20-68-43)73-44-37(62)34(59)32(57)26(18-53)70-44/h8,22,24-45,53-64,66H,9-21H2,1-7H3. The molecule has 0 bridgehead atoms. The maximum absolute atomic E-state index is 15.1. The summed E-state index contributed by atoms with van der Waals surface area (Å²) in [6.45, 7) is 13.3. The van der Waals surface area contributed by atoms with Gasteiger partial charge in [0.2, 0.25) is 6.29 Å². The van der Waals surface area contributed by atoms with E-state index in [4.69, 9.17) is 37.9 Å². The number of ether oxygens (including phenoxy) is 8. The third-order valence-corrected chi connectivity index (χ3v) is 21.0. The van der Waals surface area contributed by atoms with E-state index in [-0.39, 0.29) is 41.8 Å². The molecular weight excluding hydrogens is 977 g/mol. The SMILES string of the molecule is CC1CCC2(C(=O)OC3OC(COC4OCC(O)C(O)C4O)C(O)C(O)C3O)CCC3(C)C(=CCC4C5(C)CCC(OC6OCC(O)C(OC7OC(CO)C(O)C(O)C7O)C6O)C(C)(C)C5CCC43C)C2C1(C)O. The van der Waals surface area contributed by atoms with Crippen molar-refractivity contribution < 1.29 is 109 Å². The van der Waals surface area contributed by atoms with Gasteiger partial charge in [0.15, 0.2) is 18.9 Å². The van der Waals surface area contributed by atoms with Crippen LogP contribution in [0, 0.1) is 50.7 Å². The number of rotatable bonds is 10. The molecule has 22 heteroatoms. The predicted octanol–water partition coefficient (Wildman–Crippen LogP) is -1.79. The maximum atomic E-state index is 15.1. The van der Waals surface area contributed by atoms with E-state index in [2.05, 4.69) is 40.7 Å². The highest BCUT2D eigenvalue weighted by Gasteiger charge is 2.72. The molecule has 4 saturated carbocycles. The average molecular weight is 1060 g/mol. The van der Waals surface area contributed by atoms with Crippen LogP contribution in [0.25, 0.3) is 0 Å². The van der Waals surface area contributed by atoms with Gasteiger partial charge in [-0.3, -0.25) is 4.79 Å². The lowest BCUT2D eigenvalue weighted by atomic mass is 9.33. The quantitative estimate of drug-likeness (QED) is 0.0653. The van der Waals surface area contributed by atoms with Crippen LogP contribution in [-0.2, 0) is 42.7 Å². The van der Waals surface area contributed by atoms with Crippen LogP contribution < -0.4 is 0 Å². The van der Waals surface area contributed by atoms with Crippen LogP contribution in [0.5, 0.6) is 0 Å². The van der Waals surface area contributed by atoms with Crippen molar-refractivity contribution in [3.63, 3.8) is 0 Å². The van der Waals surface area contributed by atoms with E-state index in [0.717, 1.165) is 24.8 Å². The average Bonchev–Trinajstić information content (AvgIpc) is 3.35. The molecule has 28 atom stereocenters. The molecule has 0 spiro atoms. The van der Waals surface area contributed by atoms with Gasteiger partial charge in [0.25, 0.3) is 0 Å². The monoisotopic (exact) mass is 1060 g/mol. The third kappa shape index (κ3) is 8.98. The van der Waals surface area contributed by atoms with E-state index in [9.17, 15) is 66.4 Å². The van der Waals surface area contributed by atoms with Crippen molar-refractivity contribution >= 4 is 5.97 Å². The van der Waals surface area contributed by atoms with Gasteiger partial charge in [-0.1, -0.05) is 53.2 Å². The van der Waals surface area contributed by atoms with Crippen LogP contribution in [0.15, 0.2) is 11.6 Å². The number of fused-ring (bicyclic) bond motifs is 7. The Morgan fingerprint density at radius 2 is 1.26 bits per heavy atom. The summed E-state index contributed by atoms with van der Waals surface area (Å²) in [6.07, 6.45) is -20.6. The summed E-state index contributed by atoms with van der Waals surface area (Å²) >= 11 is 0. The summed E-state index contributed by atoms with van der Waals surface area (Å²) in [6, 6.07) is 0. The van der Waals surface area contributed by atoms with Crippen LogP contribution in [-0.4, -0.2) is 221 Å². The summed E-state index contributed by atoms with van der Waals surface area (Å²) in [5.74, 6) is -1.29. The Hall–Kier alpha value is -1.59. The fourth-order valence-electron chi connectivity index (χ4n) is 16.1. The second-order valence-electron chi connectivity index (χ2n) is 25.1. The molecule has 0 aromatic heterocycles. The molecule has 0 aromatic carbocycles. The van der Waals surface area contributed by atoms with Gasteiger partial charge < -0.3 is 104 Å². The van der Waals surface area contributed by atoms with Gasteiger partial charge in [-0.05, 0) is 104 Å². The van der Waals surface area contributed by atoms with Crippen LogP contribution in [0.3, 0.4) is 0 Å². The number of hydrogen-bond donors (Lipinski definition) is 13. The fourth-order valence-corrected chi connectivity index (χ4v) is 16.1. The lowest BCUT2D eigenvalue weighted by molar-refractivity contribution is -0.357. The number of aliphatic hydroxyl groups excluding tert-OH is 12. The smallest absolute Gasteiger partial charge is 0.315 e. The Bertz CT molecular complexity index is 2040. The molecule has 22 nitrogen and oxygen atoms in total. The highest BCUT2D eigenvalue weighted by molar-refractivity contribution is 5.79. The molecule has 0 aromatic rings. The number of esters is 1. The zero-order valence-electron chi connectivity index (χ0n) is 43.5. The first kappa shape index (κ1) is 57.1. The first-order valence-corrected chi connectivity index (χ1v) is 26.8. The van der Waals surface area contributed by atoms with Crippen molar-refractivity contribution in [2.45, 2.75) is 229 Å². The molecule has 13 N–H and O–H groups in total. The van der Waals surface area contributed by atoms with Crippen LogP contribution >= 0.6 is 0 Å². The summed E-state index contributed by atoms with van der Waals surface area (Å²) in [5, 5.41) is 140. The number of carbonyl (C=O) groups is 1. The summed E-state index contributed by atoms with van der Waals surface area (Å²) < 4.78 is 46.9. The first-order chi connectivity index (χ1) is 34.6. The molecule has 8 fully saturated rings.